The minimum atomic E-state index is -2.89. The molecule has 1 rings (SSSR count). The first-order valence-corrected chi connectivity index (χ1v) is 7.33. The Hall–Kier alpha value is -0.0900. The third-order valence-corrected chi connectivity index (χ3v) is 4.89. The average Bonchev–Trinajstić information content (AvgIpc) is 2.53. The van der Waals surface area contributed by atoms with E-state index in [4.69, 9.17) is 5.73 Å². The normalized spacial score (nSPS) is 21.3. The van der Waals surface area contributed by atoms with Gasteiger partial charge in [0, 0.05) is 11.8 Å². The van der Waals surface area contributed by atoms with Gasteiger partial charge in [0.2, 0.25) is 0 Å². The van der Waals surface area contributed by atoms with Crippen molar-refractivity contribution in [2.75, 3.05) is 11.5 Å². The van der Waals surface area contributed by atoms with Crippen LogP contribution >= 0.6 is 0 Å². The Kier molecular flexibility index (Phi) is 4.38. The Labute approximate surface area is 87.0 Å². The lowest BCUT2D eigenvalue weighted by molar-refractivity contribution is 0.454. The van der Waals surface area contributed by atoms with Crippen LogP contribution in [0.3, 0.4) is 0 Å². The lowest BCUT2D eigenvalue weighted by atomic mass is 10.0. The van der Waals surface area contributed by atoms with Crippen LogP contribution in [-0.2, 0) is 9.84 Å². The van der Waals surface area contributed by atoms with Crippen LogP contribution in [0.1, 0.15) is 39.0 Å². The van der Waals surface area contributed by atoms with E-state index >= 15 is 0 Å². The van der Waals surface area contributed by atoms with Crippen molar-refractivity contribution >= 4 is 9.84 Å². The SMILES string of the molecule is CCCS(=O)(=O)CC(N)C1CCCC1. The molecule has 1 aliphatic rings. The van der Waals surface area contributed by atoms with Gasteiger partial charge in [-0.15, -0.1) is 0 Å². The third-order valence-electron chi connectivity index (χ3n) is 2.97. The van der Waals surface area contributed by atoms with Crippen molar-refractivity contribution in [2.24, 2.45) is 11.7 Å². The molecule has 1 atom stereocenters. The maximum absolute atomic E-state index is 11.5. The molecule has 1 saturated carbocycles. The van der Waals surface area contributed by atoms with Crippen LogP contribution in [-0.4, -0.2) is 26.0 Å². The van der Waals surface area contributed by atoms with E-state index in [0.717, 1.165) is 12.8 Å². The van der Waals surface area contributed by atoms with Crippen LogP contribution in [0.5, 0.6) is 0 Å². The van der Waals surface area contributed by atoms with Crippen LogP contribution in [0.15, 0.2) is 0 Å². The van der Waals surface area contributed by atoms with Crippen molar-refractivity contribution in [1.82, 2.24) is 0 Å². The van der Waals surface area contributed by atoms with Gasteiger partial charge in [-0.1, -0.05) is 19.8 Å². The summed E-state index contributed by atoms with van der Waals surface area (Å²) < 4.78 is 23.0. The van der Waals surface area contributed by atoms with E-state index in [-0.39, 0.29) is 17.5 Å². The van der Waals surface area contributed by atoms with Crippen LogP contribution in [0.2, 0.25) is 0 Å². The summed E-state index contributed by atoms with van der Waals surface area (Å²) in [5, 5.41) is 0. The lowest BCUT2D eigenvalue weighted by Crippen LogP contribution is -2.36. The Morgan fingerprint density at radius 3 is 2.43 bits per heavy atom. The number of nitrogens with two attached hydrogens (primary N) is 1. The van der Waals surface area contributed by atoms with E-state index in [2.05, 4.69) is 0 Å². The first kappa shape index (κ1) is 12.0. The molecule has 0 heterocycles. The second kappa shape index (κ2) is 5.12. The van der Waals surface area contributed by atoms with Gasteiger partial charge in [0.15, 0.2) is 9.84 Å². The number of hydrogen-bond acceptors (Lipinski definition) is 3. The maximum Gasteiger partial charge on any atom is 0.151 e. The molecule has 4 heteroatoms. The highest BCUT2D eigenvalue weighted by molar-refractivity contribution is 7.91. The molecule has 0 bridgehead atoms. The molecule has 3 nitrogen and oxygen atoms in total. The fraction of sp³-hybridized carbons (Fsp3) is 1.00. The highest BCUT2D eigenvalue weighted by atomic mass is 32.2. The zero-order chi connectivity index (χ0) is 10.6. The monoisotopic (exact) mass is 219 g/mol. The maximum atomic E-state index is 11.5. The summed E-state index contributed by atoms with van der Waals surface area (Å²) in [6.45, 7) is 1.89. The fourth-order valence-corrected chi connectivity index (χ4v) is 3.86. The van der Waals surface area contributed by atoms with E-state index in [0.29, 0.717) is 12.3 Å². The molecular formula is C10H21NO2S. The highest BCUT2D eigenvalue weighted by Crippen LogP contribution is 2.27. The minimum Gasteiger partial charge on any atom is -0.327 e. The lowest BCUT2D eigenvalue weighted by Gasteiger charge is -2.18. The first-order chi connectivity index (χ1) is 6.55. The number of hydrogen-bond donors (Lipinski definition) is 1. The Morgan fingerprint density at radius 1 is 1.36 bits per heavy atom. The fourth-order valence-electron chi connectivity index (χ4n) is 2.21. The van der Waals surface area contributed by atoms with Gasteiger partial charge in [-0.2, -0.15) is 0 Å². The van der Waals surface area contributed by atoms with Gasteiger partial charge >= 0.3 is 0 Å². The molecule has 1 unspecified atom stereocenters. The van der Waals surface area contributed by atoms with Gasteiger partial charge in [0.25, 0.3) is 0 Å². The molecule has 0 aromatic carbocycles. The van der Waals surface area contributed by atoms with Crippen molar-refractivity contribution in [2.45, 2.75) is 45.1 Å². The first-order valence-electron chi connectivity index (χ1n) is 5.51. The molecule has 0 spiro atoms. The largest absolute Gasteiger partial charge is 0.327 e. The molecule has 2 N–H and O–H groups in total. The topological polar surface area (TPSA) is 60.2 Å². The van der Waals surface area contributed by atoms with E-state index in [1.54, 1.807) is 0 Å². The summed E-state index contributed by atoms with van der Waals surface area (Å²) in [5.74, 6) is 0.917. The molecule has 1 fully saturated rings. The standard InChI is InChI=1S/C10H21NO2S/c1-2-7-14(12,13)8-10(11)9-5-3-4-6-9/h9-10H,2-8,11H2,1H3. The number of sulfone groups is 1. The summed E-state index contributed by atoms with van der Waals surface area (Å²) in [7, 11) is -2.89. The molecule has 0 radical (unpaired) electrons. The second-order valence-electron chi connectivity index (χ2n) is 4.32. The Morgan fingerprint density at radius 2 is 1.93 bits per heavy atom. The van der Waals surface area contributed by atoms with Crippen LogP contribution in [0.25, 0.3) is 0 Å². The smallest absolute Gasteiger partial charge is 0.151 e. The average molecular weight is 219 g/mol. The predicted molar refractivity (Wildman–Crippen MR) is 58.9 cm³/mol. The summed E-state index contributed by atoms with van der Waals surface area (Å²) in [6, 6.07) is -0.131. The molecule has 84 valence electrons. The van der Waals surface area contributed by atoms with E-state index in [1.807, 2.05) is 6.92 Å². The molecule has 0 aliphatic heterocycles. The van der Waals surface area contributed by atoms with E-state index in [9.17, 15) is 8.42 Å². The molecule has 0 aromatic rings. The van der Waals surface area contributed by atoms with Crippen molar-refractivity contribution in [3.05, 3.63) is 0 Å². The molecule has 1 aliphatic carbocycles. The molecule has 0 aromatic heterocycles. The summed E-state index contributed by atoms with van der Waals surface area (Å²) in [4.78, 5) is 0. The van der Waals surface area contributed by atoms with Gasteiger partial charge in [0.05, 0.1) is 5.75 Å². The van der Waals surface area contributed by atoms with Gasteiger partial charge in [-0.05, 0) is 25.2 Å². The van der Waals surface area contributed by atoms with Crippen LogP contribution < -0.4 is 5.73 Å². The Bertz CT molecular complexity index is 255. The minimum absolute atomic E-state index is 0.131. The molecular weight excluding hydrogens is 198 g/mol. The summed E-state index contributed by atoms with van der Waals surface area (Å²) in [5.41, 5.74) is 5.92. The number of rotatable bonds is 5. The van der Waals surface area contributed by atoms with Crippen molar-refractivity contribution in [1.29, 1.82) is 0 Å². The van der Waals surface area contributed by atoms with E-state index in [1.165, 1.54) is 12.8 Å². The highest BCUT2D eigenvalue weighted by Gasteiger charge is 2.25. The van der Waals surface area contributed by atoms with Crippen molar-refractivity contribution < 1.29 is 8.42 Å². The predicted octanol–water partition coefficient (Wildman–Crippen LogP) is 1.33. The van der Waals surface area contributed by atoms with Gasteiger partial charge < -0.3 is 5.73 Å². The second-order valence-corrected chi connectivity index (χ2v) is 6.55. The summed E-state index contributed by atoms with van der Waals surface area (Å²) >= 11 is 0. The summed E-state index contributed by atoms with van der Waals surface area (Å²) in [6.07, 6.45) is 5.35. The Balaban J connectivity index is 2.42. The third kappa shape index (κ3) is 3.58. The zero-order valence-corrected chi connectivity index (χ0v) is 9.72. The molecule has 0 saturated heterocycles. The van der Waals surface area contributed by atoms with Crippen molar-refractivity contribution in [3.8, 4) is 0 Å². The molecule has 14 heavy (non-hydrogen) atoms. The van der Waals surface area contributed by atoms with Crippen molar-refractivity contribution in [3.63, 3.8) is 0 Å². The van der Waals surface area contributed by atoms with E-state index < -0.39 is 9.84 Å². The van der Waals surface area contributed by atoms with Gasteiger partial charge in [-0.25, -0.2) is 8.42 Å². The zero-order valence-electron chi connectivity index (χ0n) is 8.91. The quantitative estimate of drug-likeness (QED) is 0.759. The van der Waals surface area contributed by atoms with Gasteiger partial charge in [-0.3, -0.25) is 0 Å². The molecule has 0 amide bonds. The van der Waals surface area contributed by atoms with Gasteiger partial charge in [0.1, 0.15) is 0 Å². The van der Waals surface area contributed by atoms with Crippen LogP contribution in [0, 0.1) is 5.92 Å². The van der Waals surface area contributed by atoms with Crippen LogP contribution in [0.4, 0.5) is 0 Å².